The van der Waals surface area contributed by atoms with Crippen molar-refractivity contribution in [3.8, 4) is 11.5 Å². The average Bonchev–Trinajstić information content (AvgIpc) is 2.54. The molecule has 23 heavy (non-hydrogen) atoms. The summed E-state index contributed by atoms with van der Waals surface area (Å²) in [4.78, 5) is 3.96. The Balaban J connectivity index is 1.79. The third-order valence-electron chi connectivity index (χ3n) is 3.74. The van der Waals surface area contributed by atoms with Crippen LogP contribution in [0.4, 0.5) is 0 Å². The van der Waals surface area contributed by atoms with Crippen molar-refractivity contribution in [1.82, 2.24) is 9.71 Å². The topological polar surface area (TPSA) is 77.5 Å². The summed E-state index contributed by atoms with van der Waals surface area (Å²) in [6, 6.07) is 7.00. The van der Waals surface area contributed by atoms with Crippen molar-refractivity contribution in [1.29, 1.82) is 0 Å². The maximum atomic E-state index is 12.5. The molecule has 0 bridgehead atoms. The molecule has 0 spiro atoms. The highest BCUT2D eigenvalue weighted by atomic mass is 32.2. The summed E-state index contributed by atoms with van der Waals surface area (Å²) in [6.07, 6.45) is 3.35. The maximum absolute atomic E-state index is 12.5. The van der Waals surface area contributed by atoms with Crippen LogP contribution in [-0.4, -0.2) is 33.2 Å². The number of benzene rings is 1. The molecule has 0 amide bonds. The van der Waals surface area contributed by atoms with Crippen LogP contribution in [0.5, 0.6) is 11.5 Å². The van der Waals surface area contributed by atoms with Crippen LogP contribution < -0.4 is 14.2 Å². The van der Waals surface area contributed by atoms with Crippen molar-refractivity contribution >= 4 is 10.0 Å². The highest BCUT2D eigenvalue weighted by Crippen LogP contribution is 2.28. The van der Waals surface area contributed by atoms with Gasteiger partial charge >= 0.3 is 0 Å². The zero-order valence-corrected chi connectivity index (χ0v) is 13.8. The van der Waals surface area contributed by atoms with E-state index in [9.17, 15) is 8.42 Å². The minimum absolute atomic E-state index is 0.0758. The fraction of sp³-hybridized carbons (Fsp3) is 0.312. The Bertz CT molecular complexity index is 821. The van der Waals surface area contributed by atoms with Gasteiger partial charge in [-0.15, -0.1) is 0 Å². The van der Waals surface area contributed by atoms with Crippen molar-refractivity contribution < 1.29 is 17.9 Å². The number of aryl methyl sites for hydroxylation is 1. The molecule has 1 aromatic heterocycles. The molecule has 2 heterocycles. The predicted molar refractivity (Wildman–Crippen MR) is 85.3 cm³/mol. The minimum Gasteiger partial charge on any atom is -0.495 e. The zero-order chi connectivity index (χ0) is 16.4. The lowest BCUT2D eigenvalue weighted by Gasteiger charge is -2.27. The number of hydrogen-bond acceptors (Lipinski definition) is 5. The van der Waals surface area contributed by atoms with Crippen LogP contribution in [0.3, 0.4) is 0 Å². The van der Waals surface area contributed by atoms with Crippen LogP contribution in [0.1, 0.15) is 11.1 Å². The van der Waals surface area contributed by atoms with Gasteiger partial charge in [0.05, 0.1) is 19.3 Å². The van der Waals surface area contributed by atoms with E-state index in [4.69, 9.17) is 9.47 Å². The monoisotopic (exact) mass is 334 g/mol. The van der Waals surface area contributed by atoms with Gasteiger partial charge in [-0.25, -0.2) is 13.1 Å². The molecule has 0 aliphatic carbocycles. The Hall–Kier alpha value is -2.12. The molecule has 0 saturated heterocycles. The summed E-state index contributed by atoms with van der Waals surface area (Å²) >= 11 is 0. The van der Waals surface area contributed by atoms with Gasteiger partial charge in [-0.1, -0.05) is 18.2 Å². The molecule has 1 aliphatic heterocycles. The zero-order valence-electron chi connectivity index (χ0n) is 12.9. The lowest BCUT2D eigenvalue weighted by molar-refractivity contribution is 0.252. The van der Waals surface area contributed by atoms with Gasteiger partial charge < -0.3 is 9.47 Å². The number of aromatic nitrogens is 1. The predicted octanol–water partition coefficient (Wildman–Crippen LogP) is 1.68. The molecule has 1 aromatic carbocycles. The Kier molecular flexibility index (Phi) is 4.23. The number of para-hydroxylation sites is 1. The maximum Gasteiger partial charge on any atom is 0.242 e. The molecular formula is C16H18N2O4S. The molecule has 1 unspecified atom stereocenters. The molecule has 0 fully saturated rings. The van der Waals surface area contributed by atoms with Crippen LogP contribution in [0.15, 0.2) is 41.6 Å². The molecule has 1 atom stereocenters. The van der Waals surface area contributed by atoms with Gasteiger partial charge in [0.1, 0.15) is 23.0 Å². The van der Waals surface area contributed by atoms with Crippen LogP contribution in [0, 0.1) is 6.92 Å². The van der Waals surface area contributed by atoms with E-state index in [1.54, 1.807) is 0 Å². The van der Waals surface area contributed by atoms with E-state index in [1.165, 1.54) is 25.6 Å². The summed E-state index contributed by atoms with van der Waals surface area (Å²) in [7, 11) is -2.21. The second-order valence-electron chi connectivity index (χ2n) is 5.46. The molecule has 1 aliphatic rings. The van der Waals surface area contributed by atoms with Gasteiger partial charge in [0.15, 0.2) is 0 Å². The van der Waals surface area contributed by atoms with Crippen molar-refractivity contribution in [3.05, 3.63) is 47.8 Å². The van der Waals surface area contributed by atoms with E-state index >= 15 is 0 Å². The van der Waals surface area contributed by atoms with E-state index < -0.39 is 10.0 Å². The van der Waals surface area contributed by atoms with Crippen LogP contribution in [-0.2, 0) is 16.4 Å². The number of fused-ring (bicyclic) bond motifs is 1. The number of pyridine rings is 1. The summed E-state index contributed by atoms with van der Waals surface area (Å²) < 4.78 is 38.4. The number of sulfonamides is 1. The van der Waals surface area contributed by atoms with Crippen LogP contribution >= 0.6 is 0 Å². The second-order valence-corrected chi connectivity index (χ2v) is 7.17. The summed E-state index contributed by atoms with van der Waals surface area (Å²) in [6.45, 7) is 2.28. The van der Waals surface area contributed by atoms with Crippen LogP contribution in [0.25, 0.3) is 0 Å². The number of nitrogens with one attached hydrogen (secondary N) is 1. The molecule has 122 valence electrons. The minimum atomic E-state index is -3.68. The fourth-order valence-corrected chi connectivity index (χ4v) is 3.81. The number of ether oxygens (including phenoxy) is 2. The third kappa shape index (κ3) is 3.30. The number of hydrogen-bond donors (Lipinski definition) is 1. The first-order valence-electron chi connectivity index (χ1n) is 7.22. The van der Waals surface area contributed by atoms with Gasteiger partial charge in [-0.05, 0) is 24.5 Å². The Morgan fingerprint density at radius 3 is 2.96 bits per heavy atom. The average molecular weight is 334 g/mol. The van der Waals surface area contributed by atoms with E-state index in [2.05, 4.69) is 9.71 Å². The van der Waals surface area contributed by atoms with Gasteiger partial charge in [0.2, 0.25) is 10.0 Å². The van der Waals surface area contributed by atoms with Gasteiger partial charge in [0.25, 0.3) is 0 Å². The summed E-state index contributed by atoms with van der Waals surface area (Å²) in [5.74, 6) is 1.25. The molecule has 7 heteroatoms. The molecule has 6 nitrogen and oxygen atoms in total. The van der Waals surface area contributed by atoms with E-state index in [0.29, 0.717) is 18.8 Å². The molecule has 2 aromatic rings. The van der Waals surface area contributed by atoms with E-state index in [-0.39, 0.29) is 10.9 Å². The van der Waals surface area contributed by atoms with Gasteiger partial charge in [0, 0.05) is 12.3 Å². The molecule has 3 rings (SSSR count). The molecular weight excluding hydrogens is 316 g/mol. The molecule has 1 N–H and O–H groups in total. The quantitative estimate of drug-likeness (QED) is 0.920. The van der Waals surface area contributed by atoms with Crippen molar-refractivity contribution in [2.75, 3.05) is 13.7 Å². The smallest absolute Gasteiger partial charge is 0.242 e. The van der Waals surface area contributed by atoms with Crippen molar-refractivity contribution in [3.63, 3.8) is 0 Å². The largest absolute Gasteiger partial charge is 0.495 e. The first-order valence-corrected chi connectivity index (χ1v) is 8.70. The summed E-state index contributed by atoms with van der Waals surface area (Å²) in [5, 5.41) is 0. The van der Waals surface area contributed by atoms with E-state index in [0.717, 1.165) is 16.9 Å². The van der Waals surface area contributed by atoms with Crippen molar-refractivity contribution in [2.45, 2.75) is 24.3 Å². The highest BCUT2D eigenvalue weighted by Gasteiger charge is 2.26. The number of methoxy groups -OCH3 is 1. The lowest BCUT2D eigenvalue weighted by atomic mass is 10.0. The van der Waals surface area contributed by atoms with Crippen LogP contribution in [0.2, 0.25) is 0 Å². The SMILES string of the molecule is COc1cncc(S(=O)(=O)NC2COc3c(C)cccc3C2)c1. The fourth-order valence-electron chi connectivity index (χ4n) is 2.61. The molecule has 0 radical (unpaired) electrons. The third-order valence-corrected chi connectivity index (χ3v) is 5.23. The second kappa shape index (κ2) is 6.17. The van der Waals surface area contributed by atoms with Crippen molar-refractivity contribution in [2.24, 2.45) is 0 Å². The van der Waals surface area contributed by atoms with Gasteiger partial charge in [-0.2, -0.15) is 0 Å². The number of nitrogens with zero attached hydrogens (tertiary/aromatic N) is 1. The number of rotatable bonds is 4. The lowest BCUT2D eigenvalue weighted by Crippen LogP contribution is -2.42. The first kappa shape index (κ1) is 15.8. The van der Waals surface area contributed by atoms with E-state index in [1.807, 2.05) is 25.1 Å². The van der Waals surface area contributed by atoms with Gasteiger partial charge in [-0.3, -0.25) is 4.98 Å². The first-order chi connectivity index (χ1) is 11.0. The highest BCUT2D eigenvalue weighted by molar-refractivity contribution is 7.89. The Labute approximate surface area is 135 Å². The normalized spacial score (nSPS) is 17.2. The summed E-state index contributed by atoms with van der Waals surface area (Å²) in [5.41, 5.74) is 2.06. The standard InChI is InChI=1S/C16H18N2O4S/c1-11-4-3-5-12-6-13(10-22-16(11)12)18-23(19,20)15-7-14(21-2)8-17-9-15/h3-5,7-9,13,18H,6,10H2,1-2H3. The Morgan fingerprint density at radius 2 is 2.17 bits per heavy atom. The molecule has 0 saturated carbocycles. The Morgan fingerprint density at radius 1 is 1.35 bits per heavy atom.